The lowest BCUT2D eigenvalue weighted by Gasteiger charge is -2.09. The van der Waals surface area contributed by atoms with Gasteiger partial charge < -0.3 is 0 Å². The molecule has 0 bridgehead atoms. The van der Waals surface area contributed by atoms with Gasteiger partial charge in [-0.15, -0.1) is 5.10 Å². The summed E-state index contributed by atoms with van der Waals surface area (Å²) in [7, 11) is 0. The van der Waals surface area contributed by atoms with Gasteiger partial charge in [0.05, 0.1) is 0 Å². The van der Waals surface area contributed by atoms with E-state index in [2.05, 4.69) is 10.2 Å². The molecule has 0 spiro atoms. The molecule has 0 radical (unpaired) electrons. The van der Waals surface area contributed by atoms with Crippen molar-refractivity contribution in [2.24, 2.45) is 10.2 Å². The van der Waals surface area contributed by atoms with Crippen LogP contribution in [0.5, 0.6) is 0 Å². The van der Waals surface area contributed by atoms with Crippen molar-refractivity contribution in [1.82, 2.24) is 10.9 Å². The quantitative estimate of drug-likeness (QED) is 0.413. The molecule has 1 unspecified atom stereocenters. The highest BCUT2D eigenvalue weighted by Crippen LogP contribution is 1.98. The smallest absolute Gasteiger partial charge is 0.219 e. The van der Waals surface area contributed by atoms with Crippen LogP contribution in [0.25, 0.3) is 0 Å². The van der Waals surface area contributed by atoms with Crippen LogP contribution in [-0.2, 0) is 0 Å². The highest BCUT2D eigenvalue weighted by molar-refractivity contribution is 5.90. The van der Waals surface area contributed by atoms with E-state index in [-0.39, 0.29) is 12.3 Å². The minimum absolute atomic E-state index is 0.0834. The first-order valence-electron chi connectivity index (χ1n) is 3.54. The SMILES string of the molecule is O=[N+](O)NC1=NN=CCC1N[N+](=O)O. The molecule has 0 saturated heterocycles. The number of amidine groups is 1. The third-order valence-electron chi connectivity index (χ3n) is 1.39. The molecule has 0 aromatic heterocycles. The first-order valence-corrected chi connectivity index (χ1v) is 3.54. The van der Waals surface area contributed by atoms with E-state index in [4.69, 9.17) is 10.4 Å². The number of nitrogens with zero attached hydrogens (tertiary/aromatic N) is 4. The second-order valence-electron chi connectivity index (χ2n) is 2.36. The van der Waals surface area contributed by atoms with Gasteiger partial charge in [-0.05, 0) is 0 Å². The summed E-state index contributed by atoms with van der Waals surface area (Å²) in [5, 5.41) is 22.4. The normalized spacial score (nSPS) is 19.7. The Balaban J connectivity index is 2.66. The van der Waals surface area contributed by atoms with Crippen molar-refractivity contribution in [2.45, 2.75) is 12.5 Å². The van der Waals surface area contributed by atoms with E-state index >= 15 is 0 Å². The van der Waals surface area contributed by atoms with Crippen molar-refractivity contribution < 1.29 is 20.5 Å². The second kappa shape index (κ2) is 4.11. The zero-order valence-electron chi connectivity index (χ0n) is 6.86. The monoisotopic (exact) mass is 204 g/mol. The lowest BCUT2D eigenvalue weighted by molar-refractivity contribution is -0.836. The summed E-state index contributed by atoms with van der Waals surface area (Å²) in [5.74, 6) is -0.0834. The third-order valence-corrected chi connectivity index (χ3v) is 1.39. The maximum absolute atomic E-state index is 10.2. The number of nitrogens with one attached hydrogen (secondary N) is 2. The fourth-order valence-corrected chi connectivity index (χ4v) is 0.882. The Hall–Kier alpha value is -2.26. The van der Waals surface area contributed by atoms with Gasteiger partial charge in [-0.25, -0.2) is 10.4 Å². The molecule has 1 aliphatic heterocycles. The van der Waals surface area contributed by atoms with Crippen LogP contribution in [0.2, 0.25) is 0 Å². The molecule has 1 aliphatic rings. The molecule has 0 fully saturated rings. The fourth-order valence-electron chi connectivity index (χ4n) is 0.882. The van der Waals surface area contributed by atoms with Crippen LogP contribution in [0.4, 0.5) is 0 Å². The molecule has 4 N–H and O–H groups in total. The molecule has 0 aromatic carbocycles. The van der Waals surface area contributed by atoms with Gasteiger partial charge in [0.15, 0.2) is 6.04 Å². The largest absolute Gasteiger partial charge is 0.360 e. The summed E-state index contributed by atoms with van der Waals surface area (Å²) < 4.78 is 0. The van der Waals surface area contributed by atoms with E-state index < -0.39 is 16.1 Å². The van der Waals surface area contributed by atoms with E-state index in [1.807, 2.05) is 10.9 Å². The third kappa shape index (κ3) is 2.66. The van der Waals surface area contributed by atoms with Crippen molar-refractivity contribution in [3.05, 3.63) is 9.81 Å². The first kappa shape index (κ1) is 9.83. The summed E-state index contributed by atoms with van der Waals surface area (Å²) in [6.07, 6.45) is 1.61. The highest BCUT2D eigenvalue weighted by atomic mass is 16.7. The lowest BCUT2D eigenvalue weighted by atomic mass is 10.2. The van der Waals surface area contributed by atoms with Gasteiger partial charge in [0, 0.05) is 12.6 Å². The summed E-state index contributed by atoms with van der Waals surface area (Å²) in [6.45, 7) is 0. The minimum Gasteiger partial charge on any atom is -0.219 e. The van der Waals surface area contributed by atoms with E-state index in [0.717, 1.165) is 0 Å². The van der Waals surface area contributed by atoms with Crippen molar-refractivity contribution >= 4 is 12.1 Å². The van der Waals surface area contributed by atoms with Crippen molar-refractivity contribution in [3.8, 4) is 0 Å². The van der Waals surface area contributed by atoms with Crippen LogP contribution in [0, 0.1) is 9.81 Å². The number of hydrazine groups is 2. The minimum atomic E-state index is -0.751. The van der Waals surface area contributed by atoms with Crippen LogP contribution < -0.4 is 10.9 Å². The second-order valence-corrected chi connectivity index (χ2v) is 2.36. The molecule has 76 valence electrons. The summed E-state index contributed by atoms with van der Waals surface area (Å²) in [4.78, 5) is 20.4. The average Bonchev–Trinajstić information content (AvgIpc) is 2.06. The molecular formula is C4H8N6O4+2. The van der Waals surface area contributed by atoms with Crippen LogP contribution in [0.15, 0.2) is 10.2 Å². The van der Waals surface area contributed by atoms with Crippen LogP contribution >= 0.6 is 0 Å². The Morgan fingerprint density at radius 1 is 1.43 bits per heavy atom. The molecule has 14 heavy (non-hydrogen) atoms. The molecule has 10 heteroatoms. The predicted octanol–water partition coefficient (Wildman–Crippen LogP) is -1.51. The van der Waals surface area contributed by atoms with Gasteiger partial charge in [-0.2, -0.15) is 5.10 Å². The van der Waals surface area contributed by atoms with Gasteiger partial charge in [0.25, 0.3) is 0 Å². The van der Waals surface area contributed by atoms with E-state index in [1.54, 1.807) is 0 Å². The molecule has 0 aliphatic carbocycles. The van der Waals surface area contributed by atoms with Gasteiger partial charge in [0.1, 0.15) is 9.81 Å². The highest BCUT2D eigenvalue weighted by Gasteiger charge is 2.28. The number of rotatable bonds is 3. The lowest BCUT2D eigenvalue weighted by Crippen LogP contribution is -2.50. The number of hydrogen-bond donors (Lipinski definition) is 4. The first-order chi connectivity index (χ1) is 6.59. The van der Waals surface area contributed by atoms with Crippen LogP contribution in [0.3, 0.4) is 0 Å². The van der Waals surface area contributed by atoms with Gasteiger partial charge >= 0.3 is 10.1 Å². The Bertz CT molecular complexity index is 311. The zero-order chi connectivity index (χ0) is 10.6. The summed E-state index contributed by atoms with van der Waals surface area (Å²) in [5.41, 5.74) is 3.88. The molecule has 1 atom stereocenters. The predicted molar refractivity (Wildman–Crippen MR) is 41.4 cm³/mol. The average molecular weight is 204 g/mol. The molecule has 1 heterocycles. The Labute approximate surface area is 76.9 Å². The molecule has 10 nitrogen and oxygen atoms in total. The van der Waals surface area contributed by atoms with Gasteiger partial charge in [-0.3, -0.25) is 0 Å². The summed E-state index contributed by atoms with van der Waals surface area (Å²) >= 11 is 0. The molecule has 0 aromatic rings. The van der Waals surface area contributed by atoms with E-state index in [9.17, 15) is 9.81 Å². The molecular weight excluding hydrogens is 196 g/mol. The Morgan fingerprint density at radius 2 is 2.14 bits per heavy atom. The molecule has 0 amide bonds. The van der Waals surface area contributed by atoms with Gasteiger partial charge in [-0.1, -0.05) is 10.9 Å². The fraction of sp³-hybridized carbons (Fsp3) is 0.500. The van der Waals surface area contributed by atoms with E-state index in [1.165, 1.54) is 6.21 Å². The zero-order valence-corrected chi connectivity index (χ0v) is 6.86. The van der Waals surface area contributed by atoms with Crippen molar-refractivity contribution in [1.29, 1.82) is 0 Å². The molecule has 0 saturated carbocycles. The summed E-state index contributed by atoms with van der Waals surface area (Å²) in [6, 6.07) is -0.751. The molecule has 1 rings (SSSR count). The topological polar surface area (TPSA) is 129 Å². The maximum Gasteiger partial charge on any atom is 0.360 e. The van der Waals surface area contributed by atoms with Crippen molar-refractivity contribution in [2.75, 3.05) is 0 Å². The Morgan fingerprint density at radius 3 is 2.71 bits per heavy atom. The maximum atomic E-state index is 10.2. The van der Waals surface area contributed by atoms with Crippen LogP contribution in [-0.4, -0.2) is 38.6 Å². The Kier molecular flexibility index (Phi) is 2.89. The van der Waals surface area contributed by atoms with Gasteiger partial charge in [0.2, 0.25) is 5.84 Å². The number of hydrogen-bond acceptors (Lipinski definition) is 4. The van der Waals surface area contributed by atoms with Crippen LogP contribution in [0.1, 0.15) is 6.42 Å². The van der Waals surface area contributed by atoms with E-state index in [0.29, 0.717) is 0 Å². The standard InChI is InChI=1S/C4H8N6O4/c11-9(12)7-3-1-2-5-6-4(3)8-10(13)14/h2-3,7H,1H2,(H,6,8)(H,11,12)(H,13,14)/q+2. The van der Waals surface area contributed by atoms with Crippen molar-refractivity contribution in [3.63, 3.8) is 0 Å².